The number of likely N-dealkylation sites (tertiary alicyclic amines) is 1. The van der Waals surface area contributed by atoms with Gasteiger partial charge in [0.15, 0.2) is 5.82 Å². The number of benzene rings is 1. The number of hydrogen-bond acceptors (Lipinski definition) is 4. The largest absolute Gasteiger partial charge is 0.376 e. The van der Waals surface area contributed by atoms with Crippen molar-refractivity contribution in [2.24, 2.45) is 7.05 Å². The van der Waals surface area contributed by atoms with Crippen molar-refractivity contribution < 1.29 is 18.3 Å². The number of carbonyl (C=O) groups excluding carboxylic acids is 1. The van der Waals surface area contributed by atoms with Gasteiger partial charge in [-0.15, -0.1) is 0 Å². The highest BCUT2D eigenvalue weighted by Gasteiger charge is 2.30. The summed E-state index contributed by atoms with van der Waals surface area (Å²) in [5.41, 5.74) is 1.54. The summed E-state index contributed by atoms with van der Waals surface area (Å²) in [5.74, 6) is -0.333. The van der Waals surface area contributed by atoms with Crippen LogP contribution in [-0.4, -0.2) is 70.2 Å². The van der Waals surface area contributed by atoms with Crippen molar-refractivity contribution in [2.45, 2.75) is 38.3 Å². The molecule has 4 rings (SSSR count). The van der Waals surface area contributed by atoms with Crippen molar-refractivity contribution in [3.8, 4) is 0 Å². The van der Waals surface area contributed by atoms with Gasteiger partial charge in [-0.25, -0.2) is 13.8 Å². The van der Waals surface area contributed by atoms with Gasteiger partial charge in [0.2, 0.25) is 0 Å². The van der Waals surface area contributed by atoms with Crippen LogP contribution in [-0.2, 0) is 11.8 Å². The Kier molecular flexibility index (Phi) is 5.33. The van der Waals surface area contributed by atoms with E-state index in [-0.39, 0.29) is 17.8 Å². The zero-order valence-electron chi connectivity index (χ0n) is 16.3. The van der Waals surface area contributed by atoms with Crippen LogP contribution in [0.1, 0.15) is 42.4 Å². The Morgan fingerprint density at radius 1 is 1.25 bits per heavy atom. The van der Waals surface area contributed by atoms with Gasteiger partial charge in [0, 0.05) is 44.8 Å². The first-order valence-corrected chi connectivity index (χ1v) is 9.83. The Hall–Kier alpha value is -2.06. The summed E-state index contributed by atoms with van der Waals surface area (Å²) in [6, 6.07) is 5.52. The van der Waals surface area contributed by atoms with Crippen molar-refractivity contribution in [3.63, 3.8) is 0 Å². The molecule has 2 saturated heterocycles. The Morgan fingerprint density at radius 3 is 2.68 bits per heavy atom. The monoisotopic (exact) mass is 392 g/mol. The fraction of sp³-hybridized carbons (Fsp3) is 0.600. The van der Waals surface area contributed by atoms with Crippen LogP contribution in [0.15, 0.2) is 18.2 Å². The minimum Gasteiger partial charge on any atom is -0.376 e. The number of morpholine rings is 1. The Bertz CT molecular complexity index is 861. The molecule has 8 heteroatoms. The van der Waals surface area contributed by atoms with Gasteiger partial charge in [0.1, 0.15) is 0 Å². The lowest BCUT2D eigenvalue weighted by atomic mass is 10.0. The maximum absolute atomic E-state index is 13.1. The lowest BCUT2D eigenvalue weighted by molar-refractivity contribution is -0.0423. The Labute approximate surface area is 163 Å². The first-order chi connectivity index (χ1) is 13.4. The maximum atomic E-state index is 13.1. The summed E-state index contributed by atoms with van der Waals surface area (Å²) >= 11 is 0. The normalized spacial score (nSPS) is 22.3. The molecule has 1 unspecified atom stereocenters. The molecule has 1 atom stereocenters. The molecule has 1 aromatic carbocycles. The second-order valence-corrected chi connectivity index (χ2v) is 7.73. The van der Waals surface area contributed by atoms with Gasteiger partial charge in [0.25, 0.3) is 12.3 Å². The quantitative estimate of drug-likeness (QED) is 0.806. The van der Waals surface area contributed by atoms with E-state index in [9.17, 15) is 13.6 Å². The minimum atomic E-state index is -2.64. The second-order valence-electron chi connectivity index (χ2n) is 7.73. The topological polar surface area (TPSA) is 50.6 Å². The standard InChI is InChI=1S/C20H26F2N4O2/c1-13-12-26(9-10-28-13)15-5-7-25(8-6-15)20(27)14-3-4-17-16(11-14)23-19(18(21)22)24(17)2/h3-4,11,13,15,18H,5-10,12H2,1-2H3. The Balaban J connectivity index is 1.43. The zero-order valence-corrected chi connectivity index (χ0v) is 16.3. The van der Waals surface area contributed by atoms with Crippen molar-refractivity contribution in [3.05, 3.63) is 29.6 Å². The summed E-state index contributed by atoms with van der Waals surface area (Å²) in [6.45, 7) is 6.17. The predicted molar refractivity (Wildman–Crippen MR) is 102 cm³/mol. The molecule has 6 nitrogen and oxygen atoms in total. The number of hydrogen-bond donors (Lipinski definition) is 0. The number of rotatable bonds is 3. The van der Waals surface area contributed by atoms with Gasteiger partial charge in [0.05, 0.1) is 23.7 Å². The number of aryl methyl sites for hydroxylation is 1. The minimum absolute atomic E-state index is 0.0556. The van der Waals surface area contributed by atoms with Crippen molar-refractivity contribution in [1.29, 1.82) is 0 Å². The van der Waals surface area contributed by atoms with E-state index in [1.807, 2.05) is 4.90 Å². The summed E-state index contributed by atoms with van der Waals surface area (Å²) < 4.78 is 33.1. The van der Waals surface area contributed by atoms with Crippen LogP contribution >= 0.6 is 0 Å². The molecule has 0 bridgehead atoms. The fourth-order valence-electron chi connectivity index (χ4n) is 4.34. The van der Waals surface area contributed by atoms with Crippen molar-refractivity contribution in [2.75, 3.05) is 32.8 Å². The molecule has 152 valence electrons. The predicted octanol–water partition coefficient (Wildman–Crippen LogP) is 2.84. The van der Waals surface area contributed by atoms with E-state index in [4.69, 9.17) is 4.74 Å². The van der Waals surface area contributed by atoms with Gasteiger partial charge in [-0.05, 0) is 38.0 Å². The number of carbonyl (C=O) groups is 1. The lowest BCUT2D eigenvalue weighted by Gasteiger charge is -2.41. The third-order valence-corrected chi connectivity index (χ3v) is 5.90. The summed E-state index contributed by atoms with van der Waals surface area (Å²) in [7, 11) is 1.57. The van der Waals surface area contributed by atoms with Crippen LogP contribution < -0.4 is 0 Å². The number of halogens is 2. The molecule has 2 aliphatic heterocycles. The number of amides is 1. The van der Waals surface area contributed by atoms with Crippen LogP contribution in [0.5, 0.6) is 0 Å². The SMILES string of the molecule is CC1CN(C2CCN(C(=O)c3ccc4c(c3)nc(C(F)F)n4C)CC2)CCO1. The molecule has 3 heterocycles. The molecule has 1 amide bonds. The number of ether oxygens (including phenoxy) is 1. The van der Waals surface area contributed by atoms with Crippen molar-refractivity contribution >= 4 is 16.9 Å². The van der Waals surface area contributed by atoms with Gasteiger partial charge in [-0.2, -0.15) is 0 Å². The highest BCUT2D eigenvalue weighted by molar-refractivity contribution is 5.97. The highest BCUT2D eigenvalue weighted by Crippen LogP contribution is 2.25. The van der Waals surface area contributed by atoms with Crippen LogP contribution in [0.4, 0.5) is 8.78 Å². The van der Waals surface area contributed by atoms with E-state index in [2.05, 4.69) is 16.8 Å². The molecule has 2 aliphatic rings. The third-order valence-electron chi connectivity index (χ3n) is 5.90. The maximum Gasteiger partial charge on any atom is 0.295 e. The summed E-state index contributed by atoms with van der Waals surface area (Å²) in [6.07, 6.45) is -0.491. The molecular formula is C20H26F2N4O2. The van der Waals surface area contributed by atoms with Gasteiger partial charge < -0.3 is 14.2 Å². The number of imidazole rings is 1. The highest BCUT2D eigenvalue weighted by atomic mass is 19.3. The van der Waals surface area contributed by atoms with Crippen molar-refractivity contribution in [1.82, 2.24) is 19.4 Å². The van der Waals surface area contributed by atoms with Crippen LogP contribution in [0, 0.1) is 0 Å². The first-order valence-electron chi connectivity index (χ1n) is 9.83. The van der Waals surface area contributed by atoms with E-state index in [1.165, 1.54) is 4.57 Å². The zero-order chi connectivity index (χ0) is 19.8. The summed E-state index contributed by atoms with van der Waals surface area (Å²) in [4.78, 5) is 21.3. The fourth-order valence-corrected chi connectivity index (χ4v) is 4.34. The molecule has 2 aromatic rings. The second kappa shape index (κ2) is 7.75. The molecule has 0 aliphatic carbocycles. The van der Waals surface area contributed by atoms with E-state index >= 15 is 0 Å². The number of alkyl halides is 2. The van der Waals surface area contributed by atoms with Gasteiger partial charge in [-0.3, -0.25) is 9.69 Å². The average Bonchev–Trinajstić information content (AvgIpc) is 3.04. The van der Waals surface area contributed by atoms with E-state index in [1.54, 1.807) is 25.2 Å². The molecule has 28 heavy (non-hydrogen) atoms. The summed E-state index contributed by atoms with van der Waals surface area (Å²) in [5, 5.41) is 0. The van der Waals surface area contributed by atoms with Crippen LogP contribution in [0.3, 0.4) is 0 Å². The lowest BCUT2D eigenvalue weighted by Crippen LogP contribution is -2.51. The van der Waals surface area contributed by atoms with E-state index < -0.39 is 6.43 Å². The Morgan fingerprint density at radius 2 is 2.00 bits per heavy atom. The average molecular weight is 392 g/mol. The number of fused-ring (bicyclic) bond motifs is 1. The van der Waals surface area contributed by atoms with Crippen LogP contribution in [0.2, 0.25) is 0 Å². The molecule has 2 fully saturated rings. The molecule has 0 radical (unpaired) electrons. The number of piperidine rings is 1. The smallest absolute Gasteiger partial charge is 0.295 e. The first kappa shape index (κ1) is 19.3. The third kappa shape index (κ3) is 3.63. The molecule has 0 N–H and O–H groups in total. The van der Waals surface area contributed by atoms with Crippen LogP contribution in [0.25, 0.3) is 11.0 Å². The molecule has 0 spiro atoms. The van der Waals surface area contributed by atoms with Gasteiger partial charge >= 0.3 is 0 Å². The number of nitrogens with zero attached hydrogens (tertiary/aromatic N) is 4. The van der Waals surface area contributed by atoms with E-state index in [0.717, 1.165) is 32.5 Å². The molecule has 1 aromatic heterocycles. The molecule has 0 saturated carbocycles. The molecular weight excluding hydrogens is 366 g/mol. The van der Waals surface area contributed by atoms with Gasteiger partial charge in [-0.1, -0.05) is 0 Å². The van der Waals surface area contributed by atoms with E-state index in [0.29, 0.717) is 35.7 Å². The number of aromatic nitrogens is 2.